The van der Waals surface area contributed by atoms with Crippen LogP contribution in [0.3, 0.4) is 0 Å². The molecular weight excluding hydrogens is 329 g/mol. The highest BCUT2D eigenvalue weighted by molar-refractivity contribution is 6.04. The van der Waals surface area contributed by atoms with E-state index in [1.54, 1.807) is 42.5 Å². The van der Waals surface area contributed by atoms with Crippen molar-refractivity contribution in [3.8, 4) is 11.1 Å². The third kappa shape index (κ3) is 3.85. The smallest absolute Gasteiger partial charge is 0.322 e. The van der Waals surface area contributed by atoms with Crippen molar-refractivity contribution in [1.82, 2.24) is 4.98 Å². The quantitative estimate of drug-likeness (QED) is 0.726. The molecule has 0 saturated carbocycles. The van der Waals surface area contributed by atoms with E-state index in [0.717, 1.165) is 6.07 Å². The molecule has 0 aliphatic rings. The van der Waals surface area contributed by atoms with E-state index in [1.165, 1.54) is 24.5 Å². The summed E-state index contributed by atoms with van der Waals surface area (Å²) in [7, 11) is 0. The number of nitrogens with one attached hydrogen (secondary N) is 1. The molecule has 2 aromatic carbocycles. The number of hydrogen-bond donors (Lipinski definition) is 1. The van der Waals surface area contributed by atoms with E-state index < -0.39 is 11.7 Å². The molecule has 0 aliphatic heterocycles. The van der Waals surface area contributed by atoms with Crippen LogP contribution in [0, 0.1) is 0 Å². The van der Waals surface area contributed by atoms with Crippen LogP contribution in [0.4, 0.5) is 18.9 Å². The van der Waals surface area contributed by atoms with E-state index >= 15 is 0 Å². The molecule has 1 amide bonds. The summed E-state index contributed by atoms with van der Waals surface area (Å²) < 4.78 is 39.3. The third-order valence-corrected chi connectivity index (χ3v) is 3.63. The van der Waals surface area contributed by atoms with Crippen molar-refractivity contribution in [2.75, 3.05) is 5.32 Å². The second kappa shape index (κ2) is 6.76. The topological polar surface area (TPSA) is 42.0 Å². The lowest BCUT2D eigenvalue weighted by Crippen LogP contribution is -2.11. The molecule has 0 aliphatic carbocycles. The molecule has 0 bridgehead atoms. The number of anilines is 1. The van der Waals surface area contributed by atoms with Crippen molar-refractivity contribution >= 4 is 11.6 Å². The van der Waals surface area contributed by atoms with Crippen LogP contribution in [0.15, 0.2) is 73.1 Å². The van der Waals surface area contributed by atoms with Gasteiger partial charge in [0.2, 0.25) is 0 Å². The number of aromatic nitrogens is 1. The molecule has 1 heterocycles. The first-order valence-electron chi connectivity index (χ1n) is 7.43. The van der Waals surface area contributed by atoms with E-state index in [9.17, 15) is 18.0 Å². The van der Waals surface area contributed by atoms with Crippen molar-refractivity contribution in [3.05, 3.63) is 84.2 Å². The molecule has 0 saturated heterocycles. The van der Waals surface area contributed by atoms with Gasteiger partial charge in [0.25, 0.3) is 5.91 Å². The Kier molecular flexibility index (Phi) is 4.52. The molecule has 0 spiro atoms. The second-order valence-electron chi connectivity index (χ2n) is 5.31. The number of benzene rings is 2. The van der Waals surface area contributed by atoms with Crippen LogP contribution in [-0.2, 0) is 6.18 Å². The Bertz CT molecular complexity index is 875. The molecule has 25 heavy (non-hydrogen) atoms. The first kappa shape index (κ1) is 16.7. The number of nitrogens with zero attached hydrogens (tertiary/aromatic N) is 1. The van der Waals surface area contributed by atoms with Crippen molar-refractivity contribution in [2.45, 2.75) is 6.18 Å². The minimum absolute atomic E-state index is 0.0991. The summed E-state index contributed by atoms with van der Waals surface area (Å²) in [6.45, 7) is 0. The summed E-state index contributed by atoms with van der Waals surface area (Å²) in [5, 5.41) is 2.69. The van der Waals surface area contributed by atoms with Gasteiger partial charge in [-0.2, -0.15) is 13.2 Å². The molecule has 1 N–H and O–H groups in total. The summed E-state index contributed by atoms with van der Waals surface area (Å²) in [5.74, 6) is -0.314. The Balaban J connectivity index is 1.83. The number of amides is 1. The van der Waals surface area contributed by atoms with Gasteiger partial charge in [-0.25, -0.2) is 0 Å². The number of alkyl halides is 3. The van der Waals surface area contributed by atoms with Crippen LogP contribution in [0.1, 0.15) is 15.9 Å². The number of rotatable bonds is 3. The third-order valence-electron chi connectivity index (χ3n) is 3.63. The molecule has 3 nitrogen and oxygen atoms in total. The fraction of sp³-hybridized carbons (Fsp3) is 0.0526. The first-order valence-corrected chi connectivity index (χ1v) is 7.43. The summed E-state index contributed by atoms with van der Waals surface area (Å²) in [4.78, 5) is 15.9. The average molecular weight is 342 g/mol. The Morgan fingerprint density at radius 1 is 0.880 bits per heavy atom. The maximum absolute atomic E-state index is 13.1. The zero-order valence-electron chi connectivity index (χ0n) is 12.9. The molecule has 0 radical (unpaired) electrons. The van der Waals surface area contributed by atoms with Gasteiger partial charge in [0, 0.05) is 23.6 Å². The molecular formula is C19H13F3N2O. The van der Waals surface area contributed by atoms with E-state index in [1.807, 2.05) is 0 Å². The molecule has 0 fully saturated rings. The SMILES string of the molecule is O=C(Nc1ccc(-c2ccccc2C(F)(F)F)cc1)c1ccncc1. The lowest BCUT2D eigenvalue weighted by molar-refractivity contribution is -0.137. The van der Waals surface area contributed by atoms with Crippen molar-refractivity contribution in [3.63, 3.8) is 0 Å². The molecule has 0 atom stereocenters. The monoisotopic (exact) mass is 342 g/mol. The van der Waals surface area contributed by atoms with Crippen LogP contribution < -0.4 is 5.32 Å². The van der Waals surface area contributed by atoms with Crippen molar-refractivity contribution in [2.24, 2.45) is 0 Å². The van der Waals surface area contributed by atoms with Gasteiger partial charge in [-0.15, -0.1) is 0 Å². The Morgan fingerprint density at radius 3 is 2.16 bits per heavy atom. The number of hydrogen-bond acceptors (Lipinski definition) is 2. The van der Waals surface area contributed by atoms with E-state index in [2.05, 4.69) is 10.3 Å². The zero-order chi connectivity index (χ0) is 17.9. The second-order valence-corrected chi connectivity index (χ2v) is 5.31. The predicted molar refractivity (Wildman–Crippen MR) is 89.1 cm³/mol. The normalized spacial score (nSPS) is 11.2. The fourth-order valence-electron chi connectivity index (χ4n) is 2.42. The lowest BCUT2D eigenvalue weighted by Gasteiger charge is -2.13. The standard InChI is InChI=1S/C19H13F3N2O/c20-19(21,22)17-4-2-1-3-16(17)13-5-7-15(8-6-13)24-18(25)14-9-11-23-12-10-14/h1-12H,(H,24,25). The Hall–Kier alpha value is -3.15. The summed E-state index contributed by atoms with van der Waals surface area (Å²) in [5.41, 5.74) is 0.775. The van der Waals surface area contributed by atoms with Crippen LogP contribution in [0.2, 0.25) is 0 Å². The highest BCUT2D eigenvalue weighted by Crippen LogP contribution is 2.37. The number of carbonyl (C=O) groups is 1. The summed E-state index contributed by atoms with van der Waals surface area (Å²) in [6, 6.07) is 14.8. The largest absolute Gasteiger partial charge is 0.417 e. The minimum atomic E-state index is -4.43. The van der Waals surface area contributed by atoms with Gasteiger partial charge in [-0.05, 0) is 41.5 Å². The van der Waals surface area contributed by atoms with Crippen LogP contribution in [0.5, 0.6) is 0 Å². The molecule has 6 heteroatoms. The van der Waals surface area contributed by atoms with Gasteiger partial charge in [0.1, 0.15) is 0 Å². The van der Waals surface area contributed by atoms with Gasteiger partial charge in [-0.1, -0.05) is 30.3 Å². The average Bonchev–Trinajstić information content (AvgIpc) is 2.62. The molecule has 126 valence electrons. The highest BCUT2D eigenvalue weighted by Gasteiger charge is 2.33. The van der Waals surface area contributed by atoms with Crippen molar-refractivity contribution < 1.29 is 18.0 Å². The summed E-state index contributed by atoms with van der Waals surface area (Å²) >= 11 is 0. The van der Waals surface area contributed by atoms with Gasteiger partial charge in [0.15, 0.2) is 0 Å². The van der Waals surface area contributed by atoms with Crippen molar-refractivity contribution in [1.29, 1.82) is 0 Å². The Labute approximate surface area is 142 Å². The number of halogens is 3. The lowest BCUT2D eigenvalue weighted by atomic mass is 9.99. The molecule has 0 unspecified atom stereocenters. The van der Waals surface area contributed by atoms with Crippen LogP contribution in [0.25, 0.3) is 11.1 Å². The van der Waals surface area contributed by atoms with Gasteiger partial charge in [0.05, 0.1) is 5.56 Å². The van der Waals surface area contributed by atoms with E-state index in [-0.39, 0.29) is 11.5 Å². The maximum Gasteiger partial charge on any atom is 0.417 e. The van der Waals surface area contributed by atoms with Crippen LogP contribution in [-0.4, -0.2) is 10.9 Å². The van der Waals surface area contributed by atoms with E-state index in [4.69, 9.17) is 0 Å². The van der Waals surface area contributed by atoms with Gasteiger partial charge >= 0.3 is 6.18 Å². The predicted octanol–water partition coefficient (Wildman–Crippen LogP) is 5.02. The number of pyridine rings is 1. The maximum atomic E-state index is 13.1. The van der Waals surface area contributed by atoms with Gasteiger partial charge in [-0.3, -0.25) is 9.78 Å². The molecule has 3 aromatic rings. The van der Waals surface area contributed by atoms with Crippen LogP contribution >= 0.6 is 0 Å². The minimum Gasteiger partial charge on any atom is -0.322 e. The Morgan fingerprint density at radius 2 is 1.52 bits per heavy atom. The van der Waals surface area contributed by atoms with Gasteiger partial charge < -0.3 is 5.32 Å². The summed E-state index contributed by atoms with van der Waals surface area (Å²) in [6.07, 6.45) is -1.41. The first-order chi connectivity index (χ1) is 11.9. The fourth-order valence-corrected chi connectivity index (χ4v) is 2.42. The highest BCUT2D eigenvalue weighted by atomic mass is 19.4. The molecule has 1 aromatic heterocycles. The zero-order valence-corrected chi connectivity index (χ0v) is 12.9. The number of carbonyl (C=O) groups excluding carboxylic acids is 1. The van der Waals surface area contributed by atoms with E-state index in [0.29, 0.717) is 16.8 Å². The molecule has 3 rings (SSSR count).